The first-order valence-corrected chi connectivity index (χ1v) is 9.07. The summed E-state index contributed by atoms with van der Waals surface area (Å²) in [6.07, 6.45) is -0.0895. The van der Waals surface area contributed by atoms with Crippen molar-refractivity contribution in [2.24, 2.45) is 7.05 Å². The lowest BCUT2D eigenvalue weighted by Gasteiger charge is -2.06. The van der Waals surface area contributed by atoms with Gasteiger partial charge in [-0.05, 0) is 19.1 Å². The number of benzene rings is 1. The molecule has 0 saturated heterocycles. The van der Waals surface area contributed by atoms with Crippen LogP contribution in [0.2, 0.25) is 0 Å². The van der Waals surface area contributed by atoms with Crippen LogP contribution in [-0.4, -0.2) is 30.6 Å². The molecule has 26 heavy (non-hydrogen) atoms. The molecular weight excluding hydrogens is 364 g/mol. The van der Waals surface area contributed by atoms with Crippen LogP contribution in [0.4, 0.5) is 5.82 Å². The number of fused-ring (bicyclic) bond motifs is 1. The second-order valence-electron chi connectivity index (χ2n) is 5.58. The number of carbonyl (C=O) groups is 1. The van der Waals surface area contributed by atoms with Crippen LogP contribution in [0.1, 0.15) is 12.2 Å². The number of aromatic nitrogens is 2. The lowest BCUT2D eigenvalue weighted by molar-refractivity contribution is -0.116. The normalized spacial score (nSPS) is 11.8. The zero-order chi connectivity index (χ0) is 18.9. The molecule has 11 heteroatoms. The molecule has 2 N–H and O–H groups in total. The van der Waals surface area contributed by atoms with Crippen LogP contribution >= 0.6 is 0 Å². The summed E-state index contributed by atoms with van der Waals surface area (Å²) in [7, 11) is -2.33. The van der Waals surface area contributed by atoms with Gasteiger partial charge < -0.3 is 14.3 Å². The van der Waals surface area contributed by atoms with Crippen molar-refractivity contribution in [2.45, 2.75) is 18.2 Å². The average molecular weight is 380 g/mol. The summed E-state index contributed by atoms with van der Waals surface area (Å²) in [5, 5.41) is 6.11. The van der Waals surface area contributed by atoms with E-state index in [9.17, 15) is 18.0 Å². The molecule has 2 heterocycles. The SMILES string of the molecule is Cc1cc(NC(=O)CCNS(=O)(=O)c2ccc3c(c2)oc(=O)n3C)no1. The highest BCUT2D eigenvalue weighted by Gasteiger charge is 2.17. The fourth-order valence-electron chi connectivity index (χ4n) is 2.29. The predicted molar refractivity (Wildman–Crippen MR) is 91.1 cm³/mol. The van der Waals surface area contributed by atoms with Gasteiger partial charge in [0, 0.05) is 32.1 Å². The monoisotopic (exact) mass is 380 g/mol. The minimum Gasteiger partial charge on any atom is -0.408 e. The fraction of sp³-hybridized carbons (Fsp3) is 0.267. The van der Waals surface area contributed by atoms with Gasteiger partial charge in [0.05, 0.1) is 10.4 Å². The quantitative estimate of drug-likeness (QED) is 0.643. The summed E-state index contributed by atoms with van der Waals surface area (Å²) in [6.45, 7) is 1.57. The molecule has 0 bridgehead atoms. The molecule has 3 aromatic rings. The maximum Gasteiger partial charge on any atom is 0.419 e. The second kappa shape index (κ2) is 6.77. The van der Waals surface area contributed by atoms with Crippen LogP contribution in [0.15, 0.2) is 42.9 Å². The van der Waals surface area contributed by atoms with Crippen molar-refractivity contribution in [3.63, 3.8) is 0 Å². The Morgan fingerprint density at radius 3 is 2.77 bits per heavy atom. The third kappa shape index (κ3) is 3.68. The minimum atomic E-state index is -3.86. The topological polar surface area (TPSA) is 136 Å². The Morgan fingerprint density at radius 1 is 1.31 bits per heavy atom. The summed E-state index contributed by atoms with van der Waals surface area (Å²) >= 11 is 0. The van der Waals surface area contributed by atoms with Crippen LogP contribution in [0.3, 0.4) is 0 Å². The van der Waals surface area contributed by atoms with Crippen molar-refractivity contribution >= 4 is 32.8 Å². The van der Waals surface area contributed by atoms with Crippen LogP contribution < -0.4 is 15.8 Å². The van der Waals surface area contributed by atoms with Gasteiger partial charge in [-0.2, -0.15) is 0 Å². The van der Waals surface area contributed by atoms with Gasteiger partial charge in [0.15, 0.2) is 11.4 Å². The molecule has 3 rings (SSSR count). The van der Waals surface area contributed by atoms with Gasteiger partial charge in [0.1, 0.15) is 5.76 Å². The molecule has 1 amide bonds. The maximum absolute atomic E-state index is 12.3. The number of sulfonamides is 1. The molecule has 0 aliphatic rings. The number of anilines is 1. The Balaban J connectivity index is 1.63. The molecule has 0 atom stereocenters. The fourth-order valence-corrected chi connectivity index (χ4v) is 3.34. The average Bonchev–Trinajstić information content (AvgIpc) is 3.10. The minimum absolute atomic E-state index is 0.0631. The van der Waals surface area contributed by atoms with E-state index in [1.165, 1.54) is 29.8 Å². The van der Waals surface area contributed by atoms with E-state index in [4.69, 9.17) is 8.94 Å². The summed E-state index contributed by atoms with van der Waals surface area (Å²) in [6, 6.07) is 5.65. The van der Waals surface area contributed by atoms with Crippen LogP contribution in [0, 0.1) is 6.92 Å². The number of aryl methyl sites for hydroxylation is 2. The molecule has 0 aliphatic heterocycles. The van der Waals surface area contributed by atoms with Gasteiger partial charge >= 0.3 is 5.76 Å². The van der Waals surface area contributed by atoms with Crippen molar-refractivity contribution in [1.82, 2.24) is 14.4 Å². The molecule has 2 aromatic heterocycles. The molecule has 0 aliphatic carbocycles. The number of nitrogens with zero attached hydrogens (tertiary/aromatic N) is 2. The molecule has 0 saturated carbocycles. The number of carbonyl (C=O) groups excluding carboxylic acids is 1. The van der Waals surface area contributed by atoms with E-state index in [0.29, 0.717) is 11.3 Å². The third-order valence-corrected chi connectivity index (χ3v) is 5.07. The van der Waals surface area contributed by atoms with E-state index in [0.717, 1.165) is 0 Å². The first kappa shape index (κ1) is 17.9. The Labute approximate surface area is 147 Å². The molecule has 0 spiro atoms. The number of rotatable bonds is 6. The summed E-state index contributed by atoms with van der Waals surface area (Å²) in [5.74, 6) is -0.184. The highest BCUT2D eigenvalue weighted by atomic mass is 32.2. The lowest BCUT2D eigenvalue weighted by Crippen LogP contribution is -2.27. The highest BCUT2D eigenvalue weighted by Crippen LogP contribution is 2.17. The zero-order valence-electron chi connectivity index (χ0n) is 14.0. The lowest BCUT2D eigenvalue weighted by atomic mass is 10.3. The Bertz CT molecular complexity index is 1120. The number of hydrogen-bond acceptors (Lipinski definition) is 7. The largest absolute Gasteiger partial charge is 0.419 e. The van der Waals surface area contributed by atoms with Crippen molar-refractivity contribution in [1.29, 1.82) is 0 Å². The van der Waals surface area contributed by atoms with Gasteiger partial charge in [0.2, 0.25) is 15.9 Å². The molecule has 0 fully saturated rings. The van der Waals surface area contributed by atoms with E-state index in [2.05, 4.69) is 15.2 Å². The van der Waals surface area contributed by atoms with E-state index in [1.54, 1.807) is 13.0 Å². The van der Waals surface area contributed by atoms with Crippen molar-refractivity contribution in [2.75, 3.05) is 11.9 Å². The molecule has 0 radical (unpaired) electrons. The van der Waals surface area contributed by atoms with E-state index in [1.807, 2.05) is 0 Å². The maximum atomic E-state index is 12.3. The first-order valence-electron chi connectivity index (χ1n) is 7.59. The molecule has 10 nitrogen and oxygen atoms in total. The number of oxazole rings is 1. The highest BCUT2D eigenvalue weighted by molar-refractivity contribution is 7.89. The van der Waals surface area contributed by atoms with Crippen molar-refractivity contribution in [3.05, 3.63) is 40.6 Å². The van der Waals surface area contributed by atoms with Gasteiger partial charge in [0.25, 0.3) is 0 Å². The summed E-state index contributed by atoms with van der Waals surface area (Å²) in [5.41, 5.74) is 0.649. The van der Waals surface area contributed by atoms with E-state index >= 15 is 0 Å². The molecule has 0 unspecified atom stereocenters. The first-order chi connectivity index (χ1) is 12.3. The van der Waals surface area contributed by atoms with E-state index < -0.39 is 21.7 Å². The Morgan fingerprint density at radius 2 is 2.08 bits per heavy atom. The standard InChI is InChI=1S/C15H16N4O6S/c1-9-7-13(18-25-9)17-14(20)5-6-16-26(22,23)10-3-4-11-12(8-10)24-15(21)19(11)2/h3-4,7-8,16H,5-6H2,1-2H3,(H,17,18,20). The van der Waals surface area contributed by atoms with Crippen LogP contribution in [0.25, 0.3) is 11.1 Å². The van der Waals surface area contributed by atoms with Gasteiger partial charge in [-0.25, -0.2) is 17.9 Å². The van der Waals surface area contributed by atoms with Crippen LogP contribution in [-0.2, 0) is 21.9 Å². The summed E-state index contributed by atoms with van der Waals surface area (Å²) in [4.78, 5) is 23.2. The third-order valence-electron chi connectivity index (χ3n) is 3.61. The van der Waals surface area contributed by atoms with Crippen molar-refractivity contribution < 1.29 is 22.2 Å². The second-order valence-corrected chi connectivity index (χ2v) is 7.34. The van der Waals surface area contributed by atoms with Gasteiger partial charge in [-0.1, -0.05) is 5.16 Å². The van der Waals surface area contributed by atoms with Crippen LogP contribution in [0.5, 0.6) is 0 Å². The summed E-state index contributed by atoms with van der Waals surface area (Å²) < 4.78 is 38.0. The van der Waals surface area contributed by atoms with Crippen molar-refractivity contribution in [3.8, 4) is 0 Å². The predicted octanol–water partition coefficient (Wildman–Crippen LogP) is 0.735. The van der Waals surface area contributed by atoms with Gasteiger partial charge in [-0.3, -0.25) is 9.36 Å². The molecular formula is C15H16N4O6S. The molecule has 138 valence electrons. The number of hydrogen-bond donors (Lipinski definition) is 2. The number of amides is 1. The zero-order valence-corrected chi connectivity index (χ0v) is 14.8. The van der Waals surface area contributed by atoms with Gasteiger partial charge in [-0.15, -0.1) is 0 Å². The Hall–Kier alpha value is -2.92. The molecule has 1 aromatic carbocycles. The number of nitrogens with one attached hydrogen (secondary N) is 2. The Kier molecular flexibility index (Phi) is 4.66. The van der Waals surface area contributed by atoms with E-state index in [-0.39, 0.29) is 29.3 Å². The smallest absolute Gasteiger partial charge is 0.408 e.